The molecule has 0 aliphatic rings. The number of benzene rings is 2. The van der Waals surface area contributed by atoms with Crippen molar-refractivity contribution in [2.45, 2.75) is 33.2 Å². The lowest BCUT2D eigenvalue weighted by molar-refractivity contribution is -0.147. The van der Waals surface area contributed by atoms with Gasteiger partial charge in [-0.2, -0.15) is 0 Å². The first-order valence-electron chi connectivity index (χ1n) is 9.27. The molecule has 1 amide bonds. The highest BCUT2D eigenvalue weighted by atomic mass is 35.5. The molecule has 0 fully saturated rings. The quantitative estimate of drug-likeness (QED) is 0.497. The van der Waals surface area contributed by atoms with Gasteiger partial charge < -0.3 is 14.8 Å². The fraction of sp³-hybridized carbons (Fsp3) is 0.364. The minimum Gasteiger partial charge on any atom is -0.490 e. The van der Waals surface area contributed by atoms with Gasteiger partial charge in [0.05, 0.1) is 0 Å². The summed E-state index contributed by atoms with van der Waals surface area (Å²) in [6.07, 6.45) is 0.483. The second kappa shape index (κ2) is 10.7. The largest absolute Gasteiger partial charge is 0.490 e. The number of halogens is 1. The molecule has 6 heteroatoms. The van der Waals surface area contributed by atoms with Gasteiger partial charge in [-0.3, -0.25) is 4.79 Å². The number of hydrogen-bond acceptors (Lipinski definition) is 4. The molecule has 28 heavy (non-hydrogen) atoms. The van der Waals surface area contributed by atoms with Gasteiger partial charge in [-0.1, -0.05) is 43.1 Å². The van der Waals surface area contributed by atoms with E-state index in [0.29, 0.717) is 17.0 Å². The maximum atomic E-state index is 12.4. The first kappa shape index (κ1) is 21.8. The molecular weight excluding hydrogens is 378 g/mol. The van der Waals surface area contributed by atoms with Crippen molar-refractivity contribution in [3.8, 4) is 5.75 Å². The van der Waals surface area contributed by atoms with Gasteiger partial charge >= 0.3 is 5.97 Å². The standard InChI is InChI=1S/C22H26ClNO4/c1-15(2)14-20(24-21(25)17-6-8-18(23)9-7-17)22(26)28-13-12-27-19-10-4-16(3)5-11-19/h4-11,15,20H,12-14H2,1-3H3,(H,24,25)/t20-/m1/s1. The molecule has 0 spiro atoms. The average Bonchev–Trinajstić information content (AvgIpc) is 2.66. The second-order valence-electron chi connectivity index (χ2n) is 6.99. The van der Waals surface area contributed by atoms with E-state index in [1.165, 1.54) is 0 Å². The molecule has 0 radical (unpaired) electrons. The number of carbonyl (C=O) groups is 2. The van der Waals surface area contributed by atoms with E-state index in [1.807, 2.05) is 45.0 Å². The number of nitrogens with one attached hydrogen (secondary N) is 1. The molecule has 2 aromatic carbocycles. The van der Waals surface area contributed by atoms with E-state index in [1.54, 1.807) is 24.3 Å². The Balaban J connectivity index is 1.86. The lowest BCUT2D eigenvalue weighted by Gasteiger charge is -2.19. The van der Waals surface area contributed by atoms with Crippen LogP contribution in [0, 0.1) is 12.8 Å². The topological polar surface area (TPSA) is 64.6 Å². The monoisotopic (exact) mass is 403 g/mol. The zero-order valence-corrected chi connectivity index (χ0v) is 17.2. The van der Waals surface area contributed by atoms with E-state index in [0.717, 1.165) is 11.3 Å². The van der Waals surface area contributed by atoms with Crippen LogP contribution in [0.2, 0.25) is 5.02 Å². The SMILES string of the molecule is Cc1ccc(OCCOC(=O)[C@@H](CC(C)C)NC(=O)c2ccc(Cl)cc2)cc1. The number of aryl methyl sites for hydroxylation is 1. The number of esters is 1. The van der Waals surface area contributed by atoms with Crippen molar-refractivity contribution >= 4 is 23.5 Å². The van der Waals surface area contributed by atoms with E-state index in [2.05, 4.69) is 5.32 Å². The summed E-state index contributed by atoms with van der Waals surface area (Å²) in [6, 6.07) is 13.4. The highest BCUT2D eigenvalue weighted by Crippen LogP contribution is 2.13. The number of ether oxygens (including phenoxy) is 2. The molecule has 2 rings (SSSR count). The van der Waals surface area contributed by atoms with Gasteiger partial charge in [-0.15, -0.1) is 0 Å². The molecule has 150 valence electrons. The summed E-state index contributed by atoms with van der Waals surface area (Å²) in [5.41, 5.74) is 1.58. The average molecular weight is 404 g/mol. The highest BCUT2D eigenvalue weighted by Gasteiger charge is 2.24. The normalized spacial score (nSPS) is 11.8. The molecule has 2 aromatic rings. The smallest absolute Gasteiger partial charge is 0.328 e. The Kier molecular flexibility index (Phi) is 8.33. The molecule has 1 N–H and O–H groups in total. The number of amides is 1. The van der Waals surface area contributed by atoms with Gasteiger partial charge in [0.2, 0.25) is 0 Å². The molecule has 0 unspecified atom stereocenters. The van der Waals surface area contributed by atoms with Crippen LogP contribution >= 0.6 is 11.6 Å². The van der Waals surface area contributed by atoms with Crippen molar-refractivity contribution in [3.63, 3.8) is 0 Å². The zero-order chi connectivity index (χ0) is 20.5. The van der Waals surface area contributed by atoms with Crippen LogP contribution in [0.15, 0.2) is 48.5 Å². The lowest BCUT2D eigenvalue weighted by atomic mass is 10.0. The van der Waals surface area contributed by atoms with Crippen LogP contribution in [0.3, 0.4) is 0 Å². The van der Waals surface area contributed by atoms with Crippen molar-refractivity contribution in [3.05, 3.63) is 64.7 Å². The van der Waals surface area contributed by atoms with Gasteiger partial charge in [-0.25, -0.2) is 4.79 Å². The van der Waals surface area contributed by atoms with Crippen LogP contribution in [0.5, 0.6) is 5.75 Å². The maximum Gasteiger partial charge on any atom is 0.328 e. The van der Waals surface area contributed by atoms with Gasteiger partial charge in [0, 0.05) is 10.6 Å². The first-order chi connectivity index (χ1) is 13.3. The third-order valence-electron chi connectivity index (χ3n) is 4.02. The van der Waals surface area contributed by atoms with Crippen LogP contribution in [0.1, 0.15) is 36.2 Å². The fourth-order valence-corrected chi connectivity index (χ4v) is 2.69. The Labute approximate surface area is 171 Å². The summed E-state index contributed by atoms with van der Waals surface area (Å²) in [4.78, 5) is 24.9. The summed E-state index contributed by atoms with van der Waals surface area (Å²) in [5.74, 6) is 0.127. The van der Waals surface area contributed by atoms with Crippen LogP contribution in [0.4, 0.5) is 0 Å². The third kappa shape index (κ3) is 7.24. The zero-order valence-electron chi connectivity index (χ0n) is 16.4. The minimum absolute atomic E-state index is 0.109. The molecule has 0 aromatic heterocycles. The Morgan fingerprint density at radius 2 is 1.64 bits per heavy atom. The van der Waals surface area contributed by atoms with Crippen LogP contribution < -0.4 is 10.1 Å². The Morgan fingerprint density at radius 3 is 2.25 bits per heavy atom. The predicted molar refractivity (Wildman–Crippen MR) is 110 cm³/mol. The van der Waals surface area contributed by atoms with Gasteiger partial charge in [0.15, 0.2) is 0 Å². The molecule has 5 nitrogen and oxygen atoms in total. The van der Waals surface area contributed by atoms with Crippen molar-refractivity contribution in [2.24, 2.45) is 5.92 Å². The Morgan fingerprint density at radius 1 is 1.00 bits per heavy atom. The number of rotatable bonds is 9. The van der Waals surface area contributed by atoms with E-state index in [9.17, 15) is 9.59 Å². The van der Waals surface area contributed by atoms with E-state index in [4.69, 9.17) is 21.1 Å². The van der Waals surface area contributed by atoms with Crippen LogP contribution in [0.25, 0.3) is 0 Å². The van der Waals surface area contributed by atoms with E-state index in [-0.39, 0.29) is 25.0 Å². The molecule has 0 bridgehead atoms. The van der Waals surface area contributed by atoms with Gasteiger partial charge in [-0.05, 0) is 55.7 Å². The predicted octanol–water partition coefficient (Wildman–Crippen LogP) is 4.42. The molecule has 0 saturated heterocycles. The lowest BCUT2D eigenvalue weighted by Crippen LogP contribution is -2.43. The molecule has 0 aliphatic carbocycles. The molecule has 0 heterocycles. The summed E-state index contributed by atoms with van der Waals surface area (Å²) in [6.45, 7) is 6.32. The third-order valence-corrected chi connectivity index (χ3v) is 4.27. The molecular formula is C22H26ClNO4. The molecule has 0 saturated carbocycles. The Hall–Kier alpha value is -2.53. The van der Waals surface area contributed by atoms with Gasteiger partial charge in [0.1, 0.15) is 25.0 Å². The maximum absolute atomic E-state index is 12.4. The van der Waals surface area contributed by atoms with Crippen molar-refractivity contribution in [2.75, 3.05) is 13.2 Å². The number of carbonyl (C=O) groups excluding carboxylic acids is 2. The van der Waals surface area contributed by atoms with Crippen LogP contribution in [-0.4, -0.2) is 31.1 Å². The Bertz CT molecular complexity index is 772. The minimum atomic E-state index is -0.720. The summed E-state index contributed by atoms with van der Waals surface area (Å²) in [7, 11) is 0. The van der Waals surface area contributed by atoms with Gasteiger partial charge in [0.25, 0.3) is 5.91 Å². The van der Waals surface area contributed by atoms with Crippen molar-refractivity contribution in [1.29, 1.82) is 0 Å². The second-order valence-corrected chi connectivity index (χ2v) is 7.43. The van der Waals surface area contributed by atoms with E-state index >= 15 is 0 Å². The highest BCUT2D eigenvalue weighted by molar-refractivity contribution is 6.30. The van der Waals surface area contributed by atoms with Crippen LogP contribution in [-0.2, 0) is 9.53 Å². The number of hydrogen-bond donors (Lipinski definition) is 1. The first-order valence-corrected chi connectivity index (χ1v) is 9.65. The van der Waals surface area contributed by atoms with Crippen molar-refractivity contribution in [1.82, 2.24) is 5.32 Å². The molecule has 0 aliphatic heterocycles. The summed E-state index contributed by atoms with van der Waals surface area (Å²) in [5, 5.41) is 3.30. The van der Waals surface area contributed by atoms with E-state index < -0.39 is 12.0 Å². The summed E-state index contributed by atoms with van der Waals surface area (Å²) >= 11 is 5.85. The molecule has 1 atom stereocenters. The fourth-order valence-electron chi connectivity index (χ4n) is 2.57. The summed E-state index contributed by atoms with van der Waals surface area (Å²) < 4.78 is 10.9. The van der Waals surface area contributed by atoms with Crippen molar-refractivity contribution < 1.29 is 19.1 Å².